The van der Waals surface area contributed by atoms with Crippen LogP contribution in [0.1, 0.15) is 6.42 Å². The molecule has 0 heterocycles. The molecule has 0 atom stereocenters. The van der Waals surface area contributed by atoms with Crippen molar-refractivity contribution in [3.05, 3.63) is 0 Å². The van der Waals surface area contributed by atoms with Crippen molar-refractivity contribution in [1.29, 1.82) is 0 Å². The molecule has 0 unspecified atom stereocenters. The molecule has 0 saturated heterocycles. The zero-order valence-electron chi connectivity index (χ0n) is 6.63. The molecule has 0 bridgehead atoms. The summed E-state index contributed by atoms with van der Waals surface area (Å²) in [5.74, 6) is 0. The third-order valence-corrected chi connectivity index (χ3v) is 1.01. The van der Waals surface area contributed by atoms with E-state index in [0.29, 0.717) is 6.42 Å². The largest absolute Gasteiger partial charge is 0.260 e. The van der Waals surface area contributed by atoms with Crippen LogP contribution in [0, 0.1) is 0 Å². The van der Waals surface area contributed by atoms with E-state index in [-0.39, 0.29) is 13.1 Å². The minimum absolute atomic E-state index is 0.190. The van der Waals surface area contributed by atoms with Crippen LogP contribution in [-0.4, -0.2) is 36.4 Å². The van der Waals surface area contributed by atoms with Crippen LogP contribution >= 0.6 is 0 Å². The number of hydrogen-bond acceptors (Lipinski definition) is 7. The van der Waals surface area contributed by atoms with Crippen LogP contribution < -0.4 is 0 Å². The van der Waals surface area contributed by atoms with Gasteiger partial charge in [-0.2, -0.15) is 5.12 Å². The first-order valence-electron chi connectivity index (χ1n) is 3.32. The van der Waals surface area contributed by atoms with Gasteiger partial charge >= 0.3 is 0 Å². The summed E-state index contributed by atoms with van der Waals surface area (Å²) < 4.78 is 0. The van der Waals surface area contributed by atoms with Crippen molar-refractivity contribution in [2.24, 2.45) is 15.2 Å². The van der Waals surface area contributed by atoms with E-state index in [9.17, 15) is 14.4 Å². The highest BCUT2D eigenvalue weighted by Gasteiger charge is 1.96. The van der Waals surface area contributed by atoms with Crippen LogP contribution in [0.3, 0.4) is 0 Å². The van der Waals surface area contributed by atoms with Crippen LogP contribution in [-0.2, 0) is 14.4 Å². The first-order chi connectivity index (χ1) is 6.35. The van der Waals surface area contributed by atoms with Gasteiger partial charge in [-0.15, -0.1) is 0 Å². The molecule has 68 valence electrons. The highest BCUT2D eigenvalue weighted by atomic mass is 16.1. The van der Waals surface area contributed by atoms with Crippen molar-refractivity contribution in [1.82, 2.24) is 5.12 Å². The number of hydrazone groups is 2. The summed E-state index contributed by atoms with van der Waals surface area (Å²) in [6, 6.07) is 0. The zero-order chi connectivity index (χ0) is 9.94. The molecule has 0 saturated carbocycles. The Morgan fingerprint density at radius 1 is 1.00 bits per heavy atom. The van der Waals surface area contributed by atoms with Gasteiger partial charge < -0.3 is 0 Å². The van der Waals surface area contributed by atoms with Gasteiger partial charge in [-0.25, -0.2) is 19.4 Å². The maximum atomic E-state index is 9.77. The lowest BCUT2D eigenvalue weighted by Gasteiger charge is -2.04. The Hall–Kier alpha value is -2.06. The minimum Gasteiger partial charge on any atom is -0.211 e. The van der Waals surface area contributed by atoms with Crippen molar-refractivity contribution in [2.75, 3.05) is 13.1 Å². The molecule has 7 nitrogen and oxygen atoms in total. The van der Waals surface area contributed by atoms with Crippen LogP contribution in [0.4, 0.5) is 0 Å². The molecule has 0 spiro atoms. The molecular formula is C6H6N4O3. The number of rotatable bonds is 6. The van der Waals surface area contributed by atoms with Gasteiger partial charge in [-0.1, -0.05) is 10.2 Å². The summed E-state index contributed by atoms with van der Waals surface area (Å²) in [6.45, 7) is 0.429. The lowest BCUT2D eigenvalue weighted by Crippen LogP contribution is -2.11. The molecule has 0 aliphatic carbocycles. The van der Waals surface area contributed by atoms with E-state index < -0.39 is 0 Å². The van der Waals surface area contributed by atoms with Gasteiger partial charge in [-0.05, 0) is 6.42 Å². The molecule has 0 amide bonds. The molecule has 0 fully saturated rings. The fourth-order valence-electron chi connectivity index (χ4n) is 0.553. The number of carbonyl (C=O) groups excluding carboxylic acids is 3. The molecule has 0 aliphatic heterocycles. The maximum Gasteiger partial charge on any atom is 0.260 e. The van der Waals surface area contributed by atoms with E-state index in [0.717, 1.165) is 5.12 Å². The predicted octanol–water partition coefficient (Wildman–Crippen LogP) is -0.484. The van der Waals surface area contributed by atoms with Gasteiger partial charge in [0.05, 0.1) is 13.1 Å². The summed E-state index contributed by atoms with van der Waals surface area (Å²) >= 11 is 0. The Morgan fingerprint density at radius 2 is 1.62 bits per heavy atom. The van der Waals surface area contributed by atoms with Gasteiger partial charge in [0.25, 0.3) is 12.2 Å². The fourth-order valence-corrected chi connectivity index (χ4v) is 0.553. The van der Waals surface area contributed by atoms with Gasteiger partial charge in [0.1, 0.15) is 0 Å². The van der Waals surface area contributed by atoms with Gasteiger partial charge in [0, 0.05) is 0 Å². The first kappa shape index (κ1) is 10.9. The smallest absolute Gasteiger partial charge is 0.211 e. The van der Waals surface area contributed by atoms with Gasteiger partial charge in [-0.3, -0.25) is 0 Å². The van der Waals surface area contributed by atoms with Crippen molar-refractivity contribution >= 4 is 18.2 Å². The second-order valence-corrected chi connectivity index (χ2v) is 1.81. The van der Waals surface area contributed by atoms with E-state index in [1.807, 2.05) is 0 Å². The maximum absolute atomic E-state index is 9.77. The third kappa shape index (κ3) is 6.34. The Morgan fingerprint density at radius 3 is 2.08 bits per heavy atom. The average molecular weight is 182 g/mol. The third-order valence-electron chi connectivity index (χ3n) is 1.01. The predicted molar refractivity (Wildman–Crippen MR) is 40.6 cm³/mol. The van der Waals surface area contributed by atoms with E-state index in [1.165, 1.54) is 18.2 Å². The highest BCUT2D eigenvalue weighted by molar-refractivity contribution is 5.34. The van der Waals surface area contributed by atoms with Crippen molar-refractivity contribution in [3.63, 3.8) is 0 Å². The molecular weight excluding hydrogens is 176 g/mol. The second-order valence-electron chi connectivity index (χ2n) is 1.81. The van der Waals surface area contributed by atoms with Crippen LogP contribution in [0.25, 0.3) is 0 Å². The summed E-state index contributed by atoms with van der Waals surface area (Å²) in [4.78, 5) is 32.4. The van der Waals surface area contributed by atoms with E-state index in [2.05, 4.69) is 15.2 Å². The molecule has 0 N–H and O–H groups in total. The lowest BCUT2D eigenvalue weighted by molar-refractivity contribution is 0.297. The summed E-state index contributed by atoms with van der Waals surface area (Å²) in [5, 5.41) is 6.96. The average Bonchev–Trinajstić information content (AvgIpc) is 2.13. The van der Waals surface area contributed by atoms with E-state index >= 15 is 0 Å². The fraction of sp³-hybridized carbons (Fsp3) is 0.500. The topological polar surface area (TPSA) is 91.5 Å². The van der Waals surface area contributed by atoms with Crippen LogP contribution in [0.5, 0.6) is 0 Å². The van der Waals surface area contributed by atoms with Crippen molar-refractivity contribution in [3.8, 4) is 0 Å². The summed E-state index contributed by atoms with van der Waals surface area (Å²) in [5.41, 5.74) is 0. The molecule has 0 aromatic rings. The Kier molecular flexibility index (Phi) is 6.77. The normalized spacial score (nSPS) is 7.38. The number of isocyanates is 3. The number of nitrogens with zero attached hydrogens (tertiary/aromatic N) is 4. The van der Waals surface area contributed by atoms with Gasteiger partial charge in [0.2, 0.25) is 6.08 Å². The molecule has 0 rings (SSSR count). The SMILES string of the molecule is O=C=NCCCN(N=C=O)N=C=O. The minimum atomic E-state index is 0.190. The Labute approximate surface area is 73.4 Å². The number of aliphatic imine (C=N–C) groups is 1. The van der Waals surface area contributed by atoms with Crippen molar-refractivity contribution in [2.45, 2.75) is 6.42 Å². The molecule has 13 heavy (non-hydrogen) atoms. The summed E-state index contributed by atoms with van der Waals surface area (Å²) in [6.07, 6.45) is 4.20. The number of hydrogen-bond donors (Lipinski definition) is 0. The summed E-state index contributed by atoms with van der Waals surface area (Å²) in [7, 11) is 0. The van der Waals surface area contributed by atoms with E-state index in [1.54, 1.807) is 0 Å². The monoisotopic (exact) mass is 182 g/mol. The van der Waals surface area contributed by atoms with E-state index in [4.69, 9.17) is 0 Å². The standard InChI is InChI=1S/C6H6N4O3/c11-4-7-2-1-3-10(8-5-12)9-6-13/h1-3H2. The van der Waals surface area contributed by atoms with Gasteiger partial charge in [0.15, 0.2) is 0 Å². The second kappa shape index (κ2) is 8.04. The highest BCUT2D eigenvalue weighted by Crippen LogP contribution is 1.91. The molecule has 0 aromatic heterocycles. The van der Waals surface area contributed by atoms with Crippen molar-refractivity contribution < 1.29 is 14.4 Å². The quantitative estimate of drug-likeness (QED) is 0.240. The Bertz CT molecular complexity index is 266. The first-order valence-corrected chi connectivity index (χ1v) is 3.32. The van der Waals surface area contributed by atoms with Crippen LogP contribution in [0.2, 0.25) is 0 Å². The molecule has 0 radical (unpaired) electrons. The van der Waals surface area contributed by atoms with Crippen LogP contribution in [0.15, 0.2) is 15.2 Å². The lowest BCUT2D eigenvalue weighted by atomic mass is 10.4. The molecule has 7 heteroatoms. The molecule has 0 aromatic carbocycles. The molecule has 0 aliphatic rings. The zero-order valence-corrected chi connectivity index (χ0v) is 6.63. The Balaban J connectivity index is 3.88.